The van der Waals surface area contributed by atoms with Crippen molar-refractivity contribution in [2.24, 2.45) is 0 Å². The van der Waals surface area contributed by atoms with E-state index < -0.39 is 0 Å². The first-order chi connectivity index (χ1) is 9.15. The fourth-order valence-corrected chi connectivity index (χ4v) is 1.36. The maximum absolute atomic E-state index is 9.73. The highest BCUT2D eigenvalue weighted by Crippen LogP contribution is 2.37. The second kappa shape index (κ2) is 6.73. The zero-order valence-electron chi connectivity index (χ0n) is 10.5. The van der Waals surface area contributed by atoms with Crippen molar-refractivity contribution in [3.63, 3.8) is 0 Å². The van der Waals surface area contributed by atoms with E-state index in [2.05, 4.69) is 0 Å². The van der Waals surface area contributed by atoms with E-state index in [1.807, 2.05) is 0 Å². The summed E-state index contributed by atoms with van der Waals surface area (Å²) >= 11 is 0. The molecule has 1 aromatic carbocycles. The fourth-order valence-electron chi connectivity index (χ4n) is 1.36. The summed E-state index contributed by atoms with van der Waals surface area (Å²) in [7, 11) is 2.87. The van der Waals surface area contributed by atoms with Gasteiger partial charge in [0.05, 0.1) is 14.2 Å². The van der Waals surface area contributed by atoms with Crippen LogP contribution in [0, 0.1) is 22.7 Å². The van der Waals surface area contributed by atoms with Crippen molar-refractivity contribution < 1.29 is 14.6 Å². The highest BCUT2D eigenvalue weighted by Gasteiger charge is 2.09. The molecule has 0 saturated heterocycles. The molecular formula is C14H12N2O3. The predicted octanol–water partition coefficient (Wildman–Crippen LogP) is 2.40. The molecule has 1 N–H and O–H groups in total. The summed E-state index contributed by atoms with van der Waals surface area (Å²) in [5.41, 5.74) is 0.715. The Bertz CT molecular complexity index is 563. The molecule has 0 fully saturated rings. The van der Waals surface area contributed by atoms with Crippen LogP contribution in [-0.4, -0.2) is 19.3 Å². The van der Waals surface area contributed by atoms with Gasteiger partial charge in [-0.3, -0.25) is 0 Å². The average molecular weight is 256 g/mol. The Morgan fingerprint density at radius 2 is 1.68 bits per heavy atom. The van der Waals surface area contributed by atoms with Gasteiger partial charge >= 0.3 is 0 Å². The molecule has 0 radical (unpaired) electrons. The van der Waals surface area contributed by atoms with Gasteiger partial charge in [0.15, 0.2) is 11.5 Å². The van der Waals surface area contributed by atoms with Crippen LogP contribution in [0.25, 0.3) is 6.08 Å². The molecule has 0 bridgehead atoms. The molecule has 5 heteroatoms. The quantitative estimate of drug-likeness (QED) is 0.660. The number of methoxy groups -OCH3 is 2. The monoisotopic (exact) mass is 256 g/mol. The lowest BCUT2D eigenvalue weighted by Gasteiger charge is -2.09. The summed E-state index contributed by atoms with van der Waals surface area (Å²) in [5, 5.41) is 26.9. The number of nitrogens with zero attached hydrogens (tertiary/aromatic N) is 2. The average Bonchev–Trinajstić information content (AvgIpc) is 2.44. The Hall–Kier alpha value is -2.92. The van der Waals surface area contributed by atoms with Crippen LogP contribution in [0.15, 0.2) is 29.9 Å². The summed E-state index contributed by atoms with van der Waals surface area (Å²) in [4.78, 5) is 0. The molecular weight excluding hydrogens is 244 g/mol. The molecule has 0 aliphatic heterocycles. The molecule has 0 saturated carbocycles. The summed E-state index contributed by atoms with van der Waals surface area (Å²) in [6.07, 6.45) is 4.62. The molecule has 96 valence electrons. The molecule has 19 heavy (non-hydrogen) atoms. The second-order valence-electron chi connectivity index (χ2n) is 3.44. The standard InChI is InChI=1S/C14H12N2O3/c1-18-12-6-10(7-13(19-2)14(12)17)4-3-5-11(8-15)9-16/h3-7,17H,1-2H3/b4-3+. The van der Waals surface area contributed by atoms with Crippen molar-refractivity contribution in [1.29, 1.82) is 10.5 Å². The van der Waals surface area contributed by atoms with Crippen LogP contribution in [0.4, 0.5) is 0 Å². The van der Waals surface area contributed by atoms with Gasteiger partial charge in [0.1, 0.15) is 17.7 Å². The molecule has 1 aromatic rings. The number of ether oxygens (including phenoxy) is 2. The molecule has 0 unspecified atom stereocenters. The van der Waals surface area contributed by atoms with Gasteiger partial charge in [-0.15, -0.1) is 0 Å². The van der Waals surface area contributed by atoms with Gasteiger partial charge in [-0.2, -0.15) is 10.5 Å². The summed E-state index contributed by atoms with van der Waals surface area (Å²) < 4.78 is 10.0. The first-order valence-electron chi connectivity index (χ1n) is 5.29. The fraction of sp³-hybridized carbons (Fsp3) is 0.143. The van der Waals surface area contributed by atoms with Crippen LogP contribution in [0.3, 0.4) is 0 Å². The molecule has 0 heterocycles. The van der Waals surface area contributed by atoms with Crippen LogP contribution in [-0.2, 0) is 0 Å². The summed E-state index contributed by atoms with van der Waals surface area (Å²) in [6, 6.07) is 6.73. The van der Waals surface area contributed by atoms with Crippen LogP contribution in [0.2, 0.25) is 0 Å². The topological polar surface area (TPSA) is 86.3 Å². The number of allylic oxidation sites excluding steroid dienone is 3. The number of rotatable bonds is 4. The van der Waals surface area contributed by atoms with Gasteiger partial charge in [0.25, 0.3) is 0 Å². The maximum atomic E-state index is 9.73. The van der Waals surface area contributed by atoms with Crippen molar-refractivity contribution in [1.82, 2.24) is 0 Å². The number of nitriles is 2. The molecule has 0 aromatic heterocycles. The number of phenols is 1. The number of benzene rings is 1. The Morgan fingerprint density at radius 3 is 2.11 bits per heavy atom. The third kappa shape index (κ3) is 3.52. The Labute approximate surface area is 111 Å². The molecule has 1 rings (SSSR count). The van der Waals surface area contributed by atoms with Crippen LogP contribution in [0.1, 0.15) is 5.56 Å². The molecule has 0 spiro atoms. The van der Waals surface area contributed by atoms with Gasteiger partial charge in [-0.05, 0) is 23.8 Å². The number of hydrogen-bond donors (Lipinski definition) is 1. The summed E-state index contributed by atoms with van der Waals surface area (Å²) in [5.74, 6) is 0.486. The Kier molecular flexibility index (Phi) is 5.01. The van der Waals surface area contributed by atoms with E-state index in [0.29, 0.717) is 5.56 Å². The van der Waals surface area contributed by atoms with Gasteiger partial charge in [-0.25, -0.2) is 0 Å². The van der Waals surface area contributed by atoms with E-state index >= 15 is 0 Å². The highest BCUT2D eigenvalue weighted by molar-refractivity contribution is 5.62. The number of aromatic hydroxyl groups is 1. The van der Waals surface area contributed by atoms with Crippen LogP contribution in [0.5, 0.6) is 17.2 Å². The lowest BCUT2D eigenvalue weighted by atomic mass is 10.1. The molecule has 0 atom stereocenters. The maximum Gasteiger partial charge on any atom is 0.200 e. The van der Waals surface area contributed by atoms with E-state index in [9.17, 15) is 5.11 Å². The van der Waals surface area contributed by atoms with E-state index in [-0.39, 0.29) is 22.8 Å². The number of phenolic OH excluding ortho intramolecular Hbond substituents is 1. The van der Waals surface area contributed by atoms with Gasteiger partial charge in [-0.1, -0.05) is 12.2 Å². The molecule has 0 amide bonds. The zero-order chi connectivity index (χ0) is 14.3. The minimum absolute atomic E-state index is 0.00829. The normalized spacial score (nSPS) is 9.47. The molecule has 0 aliphatic rings. The van der Waals surface area contributed by atoms with E-state index in [4.69, 9.17) is 20.0 Å². The lowest BCUT2D eigenvalue weighted by Crippen LogP contribution is -1.90. The zero-order valence-corrected chi connectivity index (χ0v) is 10.5. The largest absolute Gasteiger partial charge is 0.502 e. The predicted molar refractivity (Wildman–Crippen MR) is 69.6 cm³/mol. The van der Waals surface area contributed by atoms with Crippen molar-refractivity contribution >= 4 is 6.08 Å². The lowest BCUT2D eigenvalue weighted by molar-refractivity contribution is 0.340. The molecule has 5 nitrogen and oxygen atoms in total. The van der Waals surface area contributed by atoms with Crippen molar-refractivity contribution in [3.8, 4) is 29.4 Å². The van der Waals surface area contributed by atoms with E-state index in [1.54, 1.807) is 36.4 Å². The van der Waals surface area contributed by atoms with Crippen LogP contribution >= 0.6 is 0 Å². The van der Waals surface area contributed by atoms with Crippen molar-refractivity contribution in [3.05, 3.63) is 35.4 Å². The third-order valence-electron chi connectivity index (χ3n) is 2.29. The van der Waals surface area contributed by atoms with Crippen molar-refractivity contribution in [2.45, 2.75) is 0 Å². The van der Waals surface area contributed by atoms with E-state index in [0.717, 1.165) is 0 Å². The Balaban J connectivity index is 3.10. The first-order valence-corrected chi connectivity index (χ1v) is 5.29. The highest BCUT2D eigenvalue weighted by atomic mass is 16.5. The SMILES string of the molecule is COc1cc(/C=C/C=C(C#N)C#N)cc(OC)c1O. The summed E-state index contributed by atoms with van der Waals surface area (Å²) in [6.45, 7) is 0. The van der Waals surface area contributed by atoms with Gasteiger partial charge in [0.2, 0.25) is 5.75 Å². The second-order valence-corrected chi connectivity index (χ2v) is 3.44. The van der Waals surface area contributed by atoms with Crippen molar-refractivity contribution in [2.75, 3.05) is 14.2 Å². The minimum atomic E-state index is -0.0765. The van der Waals surface area contributed by atoms with E-state index in [1.165, 1.54) is 20.3 Å². The molecule has 0 aliphatic carbocycles. The van der Waals surface area contributed by atoms with Crippen LogP contribution < -0.4 is 9.47 Å². The van der Waals surface area contributed by atoms with Gasteiger partial charge < -0.3 is 14.6 Å². The number of hydrogen-bond acceptors (Lipinski definition) is 5. The smallest absolute Gasteiger partial charge is 0.200 e. The van der Waals surface area contributed by atoms with Gasteiger partial charge in [0, 0.05) is 0 Å². The third-order valence-corrected chi connectivity index (χ3v) is 2.29. The first kappa shape index (κ1) is 14.1. The minimum Gasteiger partial charge on any atom is -0.502 e. The Morgan fingerprint density at radius 1 is 1.16 bits per heavy atom.